The minimum absolute atomic E-state index is 0.184. The molecule has 4 nitrogen and oxygen atoms in total. The highest BCUT2D eigenvalue weighted by atomic mass is 32.2. The Kier molecular flexibility index (Phi) is 6.25. The molecule has 0 spiro atoms. The first-order chi connectivity index (χ1) is 12.2. The lowest BCUT2D eigenvalue weighted by Gasteiger charge is -2.02. The van der Waals surface area contributed by atoms with Gasteiger partial charge in [0.15, 0.2) is 0 Å². The van der Waals surface area contributed by atoms with Crippen molar-refractivity contribution in [1.82, 2.24) is 15.1 Å². The molecule has 25 heavy (non-hydrogen) atoms. The molecule has 132 valence electrons. The summed E-state index contributed by atoms with van der Waals surface area (Å²) in [7, 11) is 0. The van der Waals surface area contributed by atoms with Crippen LogP contribution in [0.1, 0.15) is 22.6 Å². The van der Waals surface area contributed by atoms with Crippen LogP contribution >= 0.6 is 11.8 Å². The Bertz CT molecular complexity index is 773. The minimum Gasteiger partial charge on any atom is -0.464 e. The van der Waals surface area contributed by atoms with Crippen molar-refractivity contribution < 1.29 is 13.2 Å². The Morgan fingerprint density at radius 3 is 2.64 bits per heavy atom. The van der Waals surface area contributed by atoms with Crippen molar-refractivity contribution in [3.63, 3.8) is 0 Å². The van der Waals surface area contributed by atoms with E-state index in [4.69, 9.17) is 4.42 Å². The van der Waals surface area contributed by atoms with E-state index in [9.17, 15) is 8.78 Å². The number of halogens is 2. The number of thioether (sulfide) groups is 1. The maximum atomic E-state index is 12.2. The summed E-state index contributed by atoms with van der Waals surface area (Å²) in [5, 5.41) is 7.63. The number of rotatable bonds is 9. The summed E-state index contributed by atoms with van der Waals surface area (Å²) in [4.78, 5) is 0. The van der Waals surface area contributed by atoms with E-state index < -0.39 is 5.76 Å². The molecule has 0 radical (unpaired) electrons. The molecule has 0 unspecified atom stereocenters. The van der Waals surface area contributed by atoms with Crippen LogP contribution in [0.25, 0.3) is 0 Å². The van der Waals surface area contributed by atoms with Crippen molar-refractivity contribution in [2.75, 3.05) is 0 Å². The summed E-state index contributed by atoms with van der Waals surface area (Å²) in [6, 6.07) is 13.7. The highest BCUT2D eigenvalue weighted by Gasteiger charge is 2.07. The van der Waals surface area contributed by atoms with Gasteiger partial charge in [-0.2, -0.15) is 13.9 Å². The molecule has 0 aliphatic carbocycles. The van der Waals surface area contributed by atoms with Gasteiger partial charge in [0, 0.05) is 18.3 Å². The quantitative estimate of drug-likeness (QED) is 0.617. The molecule has 0 aliphatic rings. The van der Waals surface area contributed by atoms with Gasteiger partial charge in [0.1, 0.15) is 11.5 Å². The molecule has 1 aromatic carbocycles. The van der Waals surface area contributed by atoms with Crippen LogP contribution in [0.3, 0.4) is 0 Å². The maximum Gasteiger partial charge on any atom is 0.284 e. The number of hydrogen-bond acceptors (Lipinski definition) is 4. The third-order valence-corrected chi connectivity index (χ3v) is 4.27. The number of benzene rings is 1. The number of alkyl halides is 2. The summed E-state index contributed by atoms with van der Waals surface area (Å²) in [6.45, 7) is 1.95. The molecule has 0 saturated carbocycles. The second-order valence-electron chi connectivity index (χ2n) is 5.57. The average molecular weight is 363 g/mol. The monoisotopic (exact) mass is 363 g/mol. The molecular formula is C18H19F2N3OS. The molecule has 0 aliphatic heterocycles. The second kappa shape index (κ2) is 8.82. The summed E-state index contributed by atoms with van der Waals surface area (Å²) in [5.74, 6) is -0.886. The molecular weight excluding hydrogens is 344 g/mol. The fourth-order valence-corrected chi connectivity index (χ4v) is 2.87. The largest absolute Gasteiger partial charge is 0.464 e. The van der Waals surface area contributed by atoms with Gasteiger partial charge in [-0.05, 0) is 17.7 Å². The van der Waals surface area contributed by atoms with Gasteiger partial charge in [0.25, 0.3) is 5.76 Å². The van der Waals surface area contributed by atoms with E-state index in [0.717, 1.165) is 17.9 Å². The normalized spacial score (nSPS) is 11.3. The molecule has 2 heterocycles. The van der Waals surface area contributed by atoms with Crippen molar-refractivity contribution in [2.45, 2.75) is 31.1 Å². The second-order valence-corrected chi connectivity index (χ2v) is 6.55. The zero-order valence-corrected chi connectivity index (χ0v) is 14.4. The van der Waals surface area contributed by atoms with Crippen molar-refractivity contribution in [3.8, 4) is 0 Å². The Morgan fingerprint density at radius 2 is 1.84 bits per heavy atom. The molecule has 0 atom stereocenters. The van der Waals surface area contributed by atoms with Crippen molar-refractivity contribution in [1.29, 1.82) is 0 Å². The zero-order valence-electron chi connectivity index (χ0n) is 13.6. The van der Waals surface area contributed by atoms with Gasteiger partial charge in [-0.3, -0.25) is 4.68 Å². The first-order valence-electron chi connectivity index (χ1n) is 7.92. The van der Waals surface area contributed by atoms with E-state index >= 15 is 0 Å². The Hall–Kier alpha value is -2.12. The van der Waals surface area contributed by atoms with Crippen LogP contribution in [0.15, 0.2) is 59.3 Å². The number of furan rings is 1. The van der Waals surface area contributed by atoms with Crippen LogP contribution in [0.4, 0.5) is 8.78 Å². The van der Waals surface area contributed by atoms with Gasteiger partial charge in [0.05, 0.1) is 25.0 Å². The maximum absolute atomic E-state index is 12.2. The van der Waals surface area contributed by atoms with Gasteiger partial charge >= 0.3 is 0 Å². The summed E-state index contributed by atoms with van der Waals surface area (Å²) >= 11 is 0.563. The molecule has 7 heteroatoms. The third kappa shape index (κ3) is 5.72. The van der Waals surface area contributed by atoms with E-state index in [0.29, 0.717) is 30.6 Å². The SMILES string of the molecule is FC(F)SCc1ccc(CNCc2cnn(Cc3ccccc3)c2)o1. The van der Waals surface area contributed by atoms with E-state index in [2.05, 4.69) is 22.5 Å². The lowest BCUT2D eigenvalue weighted by atomic mass is 10.2. The smallest absolute Gasteiger partial charge is 0.284 e. The fourth-order valence-electron chi connectivity index (χ4n) is 2.42. The molecule has 0 bridgehead atoms. The van der Waals surface area contributed by atoms with Crippen LogP contribution < -0.4 is 5.32 Å². The Morgan fingerprint density at radius 1 is 1.04 bits per heavy atom. The number of aromatic nitrogens is 2. The van der Waals surface area contributed by atoms with Crippen LogP contribution in [-0.4, -0.2) is 15.5 Å². The molecule has 0 amide bonds. The van der Waals surface area contributed by atoms with E-state index in [1.54, 1.807) is 6.07 Å². The van der Waals surface area contributed by atoms with Crippen LogP contribution in [0.5, 0.6) is 0 Å². The van der Waals surface area contributed by atoms with Crippen molar-refractivity contribution in [2.24, 2.45) is 0 Å². The average Bonchev–Trinajstić information content (AvgIpc) is 3.24. The van der Waals surface area contributed by atoms with E-state index in [1.165, 1.54) is 5.56 Å². The molecule has 0 saturated heterocycles. The van der Waals surface area contributed by atoms with Crippen LogP contribution in [0, 0.1) is 0 Å². The first kappa shape index (κ1) is 17.7. The lowest BCUT2D eigenvalue weighted by molar-refractivity contribution is 0.251. The van der Waals surface area contributed by atoms with E-state index in [-0.39, 0.29) is 5.75 Å². The van der Waals surface area contributed by atoms with Crippen LogP contribution in [-0.2, 0) is 25.4 Å². The number of nitrogens with zero attached hydrogens (tertiary/aromatic N) is 2. The first-order valence-corrected chi connectivity index (χ1v) is 8.97. The standard InChI is InChI=1S/C18H19F2N3OS/c19-18(20)25-13-17-7-6-16(24-17)10-21-8-15-9-22-23(12-15)11-14-4-2-1-3-5-14/h1-7,9,12,18,21H,8,10-11,13H2. The molecule has 2 aromatic heterocycles. The summed E-state index contributed by atoms with van der Waals surface area (Å²) in [6.07, 6.45) is 3.84. The Balaban J connectivity index is 1.43. The topological polar surface area (TPSA) is 43.0 Å². The van der Waals surface area contributed by atoms with Crippen molar-refractivity contribution >= 4 is 11.8 Å². The summed E-state index contributed by atoms with van der Waals surface area (Å²) in [5.41, 5.74) is 2.28. The highest BCUT2D eigenvalue weighted by molar-refractivity contribution is 7.98. The Labute approximate surface area is 149 Å². The van der Waals surface area contributed by atoms with E-state index in [1.807, 2.05) is 41.3 Å². The number of hydrogen-bond donors (Lipinski definition) is 1. The van der Waals surface area contributed by atoms with Gasteiger partial charge in [-0.1, -0.05) is 42.1 Å². The predicted molar refractivity (Wildman–Crippen MR) is 94.3 cm³/mol. The minimum atomic E-state index is -2.38. The lowest BCUT2D eigenvalue weighted by Crippen LogP contribution is -2.11. The third-order valence-electron chi connectivity index (χ3n) is 3.57. The van der Waals surface area contributed by atoms with Crippen molar-refractivity contribution in [3.05, 3.63) is 77.5 Å². The fraction of sp³-hybridized carbons (Fsp3) is 0.278. The molecule has 0 fully saturated rings. The number of nitrogens with one attached hydrogen (secondary N) is 1. The van der Waals surface area contributed by atoms with Gasteiger partial charge in [0.2, 0.25) is 0 Å². The predicted octanol–water partition coefficient (Wildman–Crippen LogP) is 4.27. The zero-order chi connectivity index (χ0) is 17.5. The van der Waals surface area contributed by atoms with Crippen LogP contribution in [0.2, 0.25) is 0 Å². The van der Waals surface area contributed by atoms with Gasteiger partial charge < -0.3 is 9.73 Å². The van der Waals surface area contributed by atoms with Gasteiger partial charge in [-0.25, -0.2) is 0 Å². The molecule has 3 aromatic rings. The molecule has 1 N–H and O–H groups in total. The highest BCUT2D eigenvalue weighted by Crippen LogP contribution is 2.21. The van der Waals surface area contributed by atoms with Gasteiger partial charge in [-0.15, -0.1) is 0 Å². The summed E-state index contributed by atoms with van der Waals surface area (Å²) < 4.78 is 31.7. The molecule has 3 rings (SSSR count).